The normalized spacial score (nSPS) is 11.3. The smallest absolute Gasteiger partial charge is 0.247 e. The van der Waals surface area contributed by atoms with E-state index in [4.69, 9.17) is 4.42 Å². The van der Waals surface area contributed by atoms with Crippen LogP contribution in [0.25, 0.3) is 11.5 Å². The Balaban J connectivity index is 1.85. The number of hydrogen-bond acceptors (Lipinski definition) is 5. The maximum Gasteiger partial charge on any atom is 0.247 e. The van der Waals surface area contributed by atoms with Gasteiger partial charge in [0.25, 0.3) is 0 Å². The number of benzene rings is 1. The van der Waals surface area contributed by atoms with Crippen molar-refractivity contribution in [2.75, 3.05) is 13.6 Å². The predicted octanol–water partition coefficient (Wildman–Crippen LogP) is 2.35. The lowest BCUT2D eigenvalue weighted by atomic mass is 10.1. The number of amides is 2. The van der Waals surface area contributed by atoms with E-state index in [0.717, 1.165) is 11.1 Å². The van der Waals surface area contributed by atoms with Crippen LogP contribution in [0.1, 0.15) is 38.6 Å². The van der Waals surface area contributed by atoms with Crippen LogP contribution in [0.2, 0.25) is 0 Å². The van der Waals surface area contributed by atoms with Crippen LogP contribution < -0.4 is 5.32 Å². The van der Waals surface area contributed by atoms with Gasteiger partial charge in [-0.2, -0.15) is 0 Å². The molecule has 0 spiro atoms. The van der Waals surface area contributed by atoms with Crippen LogP contribution in [0, 0.1) is 6.92 Å². The number of likely N-dealkylation sites (N-methyl/N-ethyl adjacent to an activating group) is 1. The minimum atomic E-state index is -0.322. The zero-order valence-corrected chi connectivity index (χ0v) is 16.0. The van der Waals surface area contributed by atoms with E-state index < -0.39 is 0 Å². The Labute approximate surface area is 153 Å². The van der Waals surface area contributed by atoms with Crippen molar-refractivity contribution in [2.24, 2.45) is 0 Å². The molecule has 2 amide bonds. The fourth-order valence-electron chi connectivity index (χ4n) is 2.33. The minimum absolute atomic E-state index is 0.0224. The quantitative estimate of drug-likeness (QED) is 0.856. The Bertz CT molecular complexity index is 760. The van der Waals surface area contributed by atoms with Gasteiger partial charge in [-0.1, -0.05) is 17.7 Å². The second kappa shape index (κ2) is 8.12. The summed E-state index contributed by atoms with van der Waals surface area (Å²) in [5, 5.41) is 10.8. The molecule has 7 nitrogen and oxygen atoms in total. The van der Waals surface area contributed by atoms with Crippen molar-refractivity contribution in [3.63, 3.8) is 0 Å². The third kappa shape index (κ3) is 5.98. The van der Waals surface area contributed by atoms with E-state index in [1.807, 2.05) is 52.0 Å². The van der Waals surface area contributed by atoms with Crippen molar-refractivity contribution in [1.29, 1.82) is 0 Å². The van der Waals surface area contributed by atoms with E-state index in [1.165, 1.54) is 4.90 Å². The summed E-state index contributed by atoms with van der Waals surface area (Å²) in [6, 6.07) is 7.78. The van der Waals surface area contributed by atoms with Crippen LogP contribution >= 0.6 is 0 Å². The molecule has 0 unspecified atom stereocenters. The molecule has 0 fully saturated rings. The predicted molar refractivity (Wildman–Crippen MR) is 98.3 cm³/mol. The summed E-state index contributed by atoms with van der Waals surface area (Å²) in [5.41, 5.74) is 1.67. The van der Waals surface area contributed by atoms with Gasteiger partial charge in [-0.3, -0.25) is 9.59 Å². The van der Waals surface area contributed by atoms with Gasteiger partial charge in [0.1, 0.15) is 0 Å². The van der Waals surface area contributed by atoms with Gasteiger partial charge in [-0.25, -0.2) is 0 Å². The highest BCUT2D eigenvalue weighted by atomic mass is 16.4. The summed E-state index contributed by atoms with van der Waals surface area (Å²) < 4.78 is 5.61. The summed E-state index contributed by atoms with van der Waals surface area (Å²) in [5.74, 6) is 0.503. The van der Waals surface area contributed by atoms with Gasteiger partial charge in [0.15, 0.2) is 0 Å². The van der Waals surface area contributed by atoms with E-state index in [2.05, 4.69) is 15.5 Å². The Morgan fingerprint density at radius 3 is 2.42 bits per heavy atom. The third-order valence-electron chi connectivity index (χ3n) is 3.64. The highest BCUT2D eigenvalue weighted by Gasteiger charge is 2.18. The van der Waals surface area contributed by atoms with E-state index in [1.54, 1.807) is 7.05 Å². The molecule has 0 aliphatic carbocycles. The van der Waals surface area contributed by atoms with Crippen molar-refractivity contribution in [3.8, 4) is 11.5 Å². The van der Waals surface area contributed by atoms with Crippen molar-refractivity contribution < 1.29 is 14.0 Å². The summed E-state index contributed by atoms with van der Waals surface area (Å²) in [6.07, 6.45) is 0.539. The topological polar surface area (TPSA) is 88.3 Å². The molecule has 0 aliphatic rings. The Kier molecular flexibility index (Phi) is 6.13. The summed E-state index contributed by atoms with van der Waals surface area (Å²) in [7, 11) is 1.61. The maximum atomic E-state index is 12.2. The molecule has 0 aliphatic heterocycles. The number of aromatic nitrogens is 2. The number of aryl methyl sites for hydroxylation is 2. The number of carbonyl (C=O) groups excluding carboxylic acids is 2. The van der Waals surface area contributed by atoms with Crippen LogP contribution in [0.5, 0.6) is 0 Å². The number of rotatable bonds is 6. The molecule has 0 saturated carbocycles. The van der Waals surface area contributed by atoms with Crippen LogP contribution in [0.15, 0.2) is 28.7 Å². The highest BCUT2D eigenvalue weighted by molar-refractivity contribution is 5.85. The number of hydrogen-bond donors (Lipinski definition) is 1. The van der Waals surface area contributed by atoms with Crippen molar-refractivity contribution in [1.82, 2.24) is 20.4 Å². The average Bonchev–Trinajstić information content (AvgIpc) is 3.00. The first-order valence-corrected chi connectivity index (χ1v) is 8.58. The lowest BCUT2D eigenvalue weighted by Crippen LogP contribution is -2.46. The second-order valence-corrected chi connectivity index (χ2v) is 7.41. The zero-order valence-electron chi connectivity index (χ0n) is 16.0. The maximum absolute atomic E-state index is 12.2. The fourth-order valence-corrected chi connectivity index (χ4v) is 2.33. The summed E-state index contributed by atoms with van der Waals surface area (Å²) >= 11 is 0. The number of nitrogens with one attached hydrogen (secondary N) is 1. The Morgan fingerprint density at radius 2 is 1.81 bits per heavy atom. The Hall–Kier alpha value is -2.70. The molecule has 7 heteroatoms. The van der Waals surface area contributed by atoms with Gasteiger partial charge in [0.2, 0.25) is 23.6 Å². The van der Waals surface area contributed by atoms with Crippen LogP contribution in [-0.2, 0) is 16.0 Å². The van der Waals surface area contributed by atoms with E-state index in [-0.39, 0.29) is 30.3 Å². The molecule has 0 atom stereocenters. The monoisotopic (exact) mass is 358 g/mol. The largest absolute Gasteiger partial charge is 0.421 e. The molecule has 0 radical (unpaired) electrons. The van der Waals surface area contributed by atoms with Crippen LogP contribution in [-0.4, -0.2) is 46.0 Å². The van der Waals surface area contributed by atoms with Gasteiger partial charge < -0.3 is 14.6 Å². The minimum Gasteiger partial charge on any atom is -0.421 e. The highest BCUT2D eigenvalue weighted by Crippen LogP contribution is 2.18. The van der Waals surface area contributed by atoms with Gasteiger partial charge in [-0.05, 0) is 39.8 Å². The Morgan fingerprint density at radius 1 is 1.15 bits per heavy atom. The van der Waals surface area contributed by atoms with Crippen LogP contribution in [0.3, 0.4) is 0 Å². The molecule has 1 aromatic heterocycles. The molecule has 26 heavy (non-hydrogen) atoms. The first-order valence-electron chi connectivity index (χ1n) is 8.58. The van der Waals surface area contributed by atoms with E-state index in [0.29, 0.717) is 18.2 Å². The van der Waals surface area contributed by atoms with E-state index in [9.17, 15) is 9.59 Å². The molecule has 1 aromatic carbocycles. The van der Waals surface area contributed by atoms with Gasteiger partial charge in [0, 0.05) is 31.0 Å². The number of nitrogens with zero attached hydrogens (tertiary/aromatic N) is 3. The zero-order chi connectivity index (χ0) is 19.3. The molecule has 0 saturated heterocycles. The molecule has 140 valence electrons. The van der Waals surface area contributed by atoms with Crippen molar-refractivity contribution in [3.05, 3.63) is 35.7 Å². The molecular weight excluding hydrogens is 332 g/mol. The SMILES string of the molecule is Cc1ccc(-c2nnc(CCC(=O)N(C)CC(=O)NC(C)(C)C)o2)cc1. The van der Waals surface area contributed by atoms with Crippen molar-refractivity contribution >= 4 is 11.8 Å². The second-order valence-electron chi connectivity index (χ2n) is 7.41. The lowest BCUT2D eigenvalue weighted by molar-refractivity contribution is -0.135. The molecular formula is C19H26N4O3. The molecule has 2 aromatic rings. The van der Waals surface area contributed by atoms with Gasteiger partial charge in [-0.15, -0.1) is 10.2 Å². The standard InChI is InChI=1S/C19H26N4O3/c1-13-6-8-14(9-7-13)18-22-21-16(26-18)10-11-17(25)23(5)12-15(24)20-19(2,3)4/h6-9H,10-12H2,1-5H3,(H,20,24). The molecule has 1 heterocycles. The van der Waals surface area contributed by atoms with Crippen LogP contribution in [0.4, 0.5) is 0 Å². The molecule has 2 rings (SSSR count). The van der Waals surface area contributed by atoms with Gasteiger partial charge in [0.05, 0.1) is 6.54 Å². The third-order valence-corrected chi connectivity index (χ3v) is 3.64. The van der Waals surface area contributed by atoms with Crippen molar-refractivity contribution in [2.45, 2.75) is 46.1 Å². The molecule has 1 N–H and O–H groups in total. The average molecular weight is 358 g/mol. The first kappa shape index (κ1) is 19.6. The summed E-state index contributed by atoms with van der Waals surface area (Å²) in [6.45, 7) is 7.72. The first-order chi connectivity index (χ1) is 12.1. The van der Waals surface area contributed by atoms with Gasteiger partial charge >= 0.3 is 0 Å². The lowest BCUT2D eigenvalue weighted by Gasteiger charge is -2.23. The number of carbonyl (C=O) groups is 2. The molecule has 0 bridgehead atoms. The summed E-state index contributed by atoms with van der Waals surface area (Å²) in [4.78, 5) is 25.5. The van der Waals surface area contributed by atoms with E-state index >= 15 is 0 Å². The fraction of sp³-hybridized carbons (Fsp3) is 0.474.